The summed E-state index contributed by atoms with van der Waals surface area (Å²) in [6, 6.07) is 18.2. The van der Waals surface area contributed by atoms with E-state index in [0.29, 0.717) is 11.3 Å². The highest BCUT2D eigenvalue weighted by Crippen LogP contribution is 2.28. The molecule has 4 aromatic rings. The molecule has 2 aromatic carbocycles. The van der Waals surface area contributed by atoms with Gasteiger partial charge in [0.2, 0.25) is 0 Å². The fourth-order valence-electron chi connectivity index (χ4n) is 3.02. The monoisotopic (exact) mass is 347 g/mol. The molecule has 26 heavy (non-hydrogen) atoms. The first-order valence-electron chi connectivity index (χ1n) is 8.45. The summed E-state index contributed by atoms with van der Waals surface area (Å²) in [6.45, 7) is 3.83. The van der Waals surface area contributed by atoms with Crippen molar-refractivity contribution in [2.24, 2.45) is 0 Å². The number of ether oxygens (including phenoxy) is 1. The van der Waals surface area contributed by atoms with Crippen LogP contribution in [0.4, 0.5) is 4.39 Å². The number of fused-ring (bicyclic) bond motifs is 1. The maximum Gasteiger partial charge on any atom is 0.155 e. The van der Waals surface area contributed by atoms with Gasteiger partial charge in [-0.2, -0.15) is 5.10 Å². The highest BCUT2D eigenvalue weighted by molar-refractivity contribution is 5.64. The molecule has 4 nitrogen and oxygen atoms in total. The number of nitrogens with zero attached hydrogens (tertiary/aromatic N) is 3. The maximum absolute atomic E-state index is 14.5. The van der Waals surface area contributed by atoms with Gasteiger partial charge >= 0.3 is 0 Å². The first kappa shape index (κ1) is 16.3. The van der Waals surface area contributed by atoms with E-state index in [1.165, 1.54) is 6.07 Å². The molecule has 0 aliphatic carbocycles. The van der Waals surface area contributed by atoms with Gasteiger partial charge in [-0.1, -0.05) is 30.3 Å². The topological polar surface area (TPSA) is 39.4 Å². The second-order valence-electron chi connectivity index (χ2n) is 6.19. The number of aryl methyl sites for hydroxylation is 1. The molecule has 0 unspecified atom stereocenters. The van der Waals surface area contributed by atoms with Crippen LogP contribution in [-0.4, -0.2) is 14.6 Å². The zero-order chi connectivity index (χ0) is 18.1. The molecule has 1 atom stereocenters. The third-order valence-corrected chi connectivity index (χ3v) is 4.26. The minimum absolute atomic E-state index is 0.304. The summed E-state index contributed by atoms with van der Waals surface area (Å²) in [7, 11) is 0. The van der Waals surface area contributed by atoms with E-state index < -0.39 is 0 Å². The van der Waals surface area contributed by atoms with Gasteiger partial charge in [0.15, 0.2) is 5.65 Å². The number of hydrogen-bond acceptors (Lipinski definition) is 3. The van der Waals surface area contributed by atoms with Crippen molar-refractivity contribution in [1.29, 1.82) is 0 Å². The molecule has 0 amide bonds. The molecule has 0 aliphatic heterocycles. The average Bonchev–Trinajstić information content (AvgIpc) is 3.02. The second kappa shape index (κ2) is 6.59. The van der Waals surface area contributed by atoms with Gasteiger partial charge < -0.3 is 4.74 Å². The van der Waals surface area contributed by atoms with Gasteiger partial charge in [-0.15, -0.1) is 0 Å². The van der Waals surface area contributed by atoms with E-state index in [0.717, 1.165) is 22.6 Å². The molecule has 5 heteroatoms. The summed E-state index contributed by atoms with van der Waals surface area (Å²) in [5, 5.41) is 4.45. The number of aromatic nitrogens is 3. The minimum atomic E-state index is -0.310. The molecule has 0 saturated heterocycles. The SMILES string of the molecule is Cc1cc2nccc([C@H](C)Oc3ccc(-c4ccccc4)c(F)c3)n2n1. The summed E-state index contributed by atoms with van der Waals surface area (Å²) in [4.78, 5) is 4.30. The molecule has 0 fully saturated rings. The molecule has 2 aromatic heterocycles. The molecule has 2 heterocycles. The van der Waals surface area contributed by atoms with E-state index >= 15 is 0 Å². The van der Waals surface area contributed by atoms with Gasteiger partial charge in [0, 0.05) is 23.9 Å². The Labute approximate surface area is 150 Å². The van der Waals surface area contributed by atoms with Crippen LogP contribution in [0.3, 0.4) is 0 Å². The van der Waals surface area contributed by atoms with Crippen LogP contribution in [0, 0.1) is 12.7 Å². The molecule has 4 rings (SSSR count). The van der Waals surface area contributed by atoms with Crippen LogP contribution in [0.1, 0.15) is 24.4 Å². The lowest BCUT2D eigenvalue weighted by Crippen LogP contribution is -2.10. The molecule has 0 spiro atoms. The summed E-state index contributed by atoms with van der Waals surface area (Å²) in [5.74, 6) is 0.166. The highest BCUT2D eigenvalue weighted by atomic mass is 19.1. The van der Waals surface area contributed by atoms with E-state index in [4.69, 9.17) is 4.74 Å². The summed E-state index contributed by atoms with van der Waals surface area (Å²) in [6.07, 6.45) is 1.42. The van der Waals surface area contributed by atoms with Crippen LogP contribution in [0.2, 0.25) is 0 Å². The lowest BCUT2D eigenvalue weighted by atomic mass is 10.1. The van der Waals surface area contributed by atoms with Gasteiger partial charge in [-0.25, -0.2) is 13.9 Å². The van der Waals surface area contributed by atoms with Crippen molar-refractivity contribution in [3.8, 4) is 16.9 Å². The number of rotatable bonds is 4. The Morgan fingerprint density at radius 1 is 1.04 bits per heavy atom. The third-order valence-electron chi connectivity index (χ3n) is 4.26. The molecular formula is C21H18FN3O. The maximum atomic E-state index is 14.5. The van der Waals surface area contributed by atoms with Crippen LogP contribution in [0.15, 0.2) is 66.9 Å². The lowest BCUT2D eigenvalue weighted by Gasteiger charge is -2.16. The van der Waals surface area contributed by atoms with Crippen LogP contribution in [0.25, 0.3) is 16.8 Å². The van der Waals surface area contributed by atoms with Crippen molar-refractivity contribution in [2.75, 3.05) is 0 Å². The van der Waals surface area contributed by atoms with Crippen LogP contribution < -0.4 is 4.74 Å². The van der Waals surface area contributed by atoms with Gasteiger partial charge in [0.05, 0.1) is 11.4 Å². The predicted octanol–water partition coefficient (Wildman–Crippen LogP) is 4.98. The first-order chi connectivity index (χ1) is 12.6. The number of hydrogen-bond donors (Lipinski definition) is 0. The molecule has 0 aliphatic rings. The lowest BCUT2D eigenvalue weighted by molar-refractivity contribution is 0.218. The Morgan fingerprint density at radius 2 is 1.85 bits per heavy atom. The first-order valence-corrected chi connectivity index (χ1v) is 8.45. The van der Waals surface area contributed by atoms with Crippen LogP contribution >= 0.6 is 0 Å². The van der Waals surface area contributed by atoms with Crippen LogP contribution in [-0.2, 0) is 0 Å². The molecular weight excluding hydrogens is 329 g/mol. The predicted molar refractivity (Wildman–Crippen MR) is 98.6 cm³/mol. The zero-order valence-electron chi connectivity index (χ0n) is 14.6. The van der Waals surface area contributed by atoms with Crippen molar-refractivity contribution in [3.05, 3.63) is 84.1 Å². The number of halogens is 1. The molecule has 0 N–H and O–H groups in total. The van der Waals surface area contributed by atoms with E-state index in [1.54, 1.807) is 22.8 Å². The van der Waals surface area contributed by atoms with Crippen molar-refractivity contribution in [1.82, 2.24) is 14.6 Å². The largest absolute Gasteiger partial charge is 0.484 e. The Bertz CT molecular complexity index is 1060. The second-order valence-corrected chi connectivity index (χ2v) is 6.19. The molecule has 0 bridgehead atoms. The zero-order valence-corrected chi connectivity index (χ0v) is 14.6. The van der Waals surface area contributed by atoms with Gasteiger partial charge in [0.1, 0.15) is 17.7 Å². The molecule has 0 radical (unpaired) electrons. The smallest absolute Gasteiger partial charge is 0.155 e. The standard InChI is InChI=1S/C21H18FN3O/c1-14-12-21-23-11-10-20(25(21)24-14)15(2)26-17-8-9-18(19(22)13-17)16-6-4-3-5-7-16/h3-13,15H,1-2H3/t15-/m0/s1. The quantitative estimate of drug-likeness (QED) is 0.522. The Balaban J connectivity index is 1.61. The Hall–Kier alpha value is -3.21. The summed E-state index contributed by atoms with van der Waals surface area (Å²) < 4.78 is 22.3. The van der Waals surface area contributed by atoms with E-state index in [-0.39, 0.29) is 11.9 Å². The van der Waals surface area contributed by atoms with Gasteiger partial charge in [0.25, 0.3) is 0 Å². The van der Waals surface area contributed by atoms with Crippen molar-refractivity contribution in [2.45, 2.75) is 20.0 Å². The van der Waals surface area contributed by atoms with Gasteiger partial charge in [-0.3, -0.25) is 0 Å². The van der Waals surface area contributed by atoms with E-state index in [9.17, 15) is 4.39 Å². The Kier molecular flexibility index (Phi) is 4.13. The fourth-order valence-corrected chi connectivity index (χ4v) is 3.02. The minimum Gasteiger partial charge on any atom is -0.484 e. The van der Waals surface area contributed by atoms with Crippen LogP contribution in [0.5, 0.6) is 5.75 Å². The fraction of sp³-hybridized carbons (Fsp3) is 0.143. The molecule has 0 saturated carbocycles. The average molecular weight is 347 g/mol. The number of benzene rings is 2. The van der Waals surface area contributed by atoms with Crippen molar-refractivity contribution < 1.29 is 9.13 Å². The van der Waals surface area contributed by atoms with E-state index in [1.807, 2.05) is 56.3 Å². The Morgan fingerprint density at radius 3 is 2.62 bits per heavy atom. The van der Waals surface area contributed by atoms with Gasteiger partial charge in [-0.05, 0) is 37.6 Å². The highest BCUT2D eigenvalue weighted by Gasteiger charge is 2.14. The van der Waals surface area contributed by atoms with E-state index in [2.05, 4.69) is 10.1 Å². The van der Waals surface area contributed by atoms with Crippen molar-refractivity contribution >= 4 is 5.65 Å². The third kappa shape index (κ3) is 3.04. The summed E-state index contributed by atoms with van der Waals surface area (Å²) >= 11 is 0. The summed E-state index contributed by atoms with van der Waals surface area (Å²) in [5.41, 5.74) is 3.90. The molecule has 130 valence electrons. The van der Waals surface area contributed by atoms with Crippen molar-refractivity contribution in [3.63, 3.8) is 0 Å². The normalized spacial score (nSPS) is 12.3.